The fourth-order valence-electron chi connectivity index (χ4n) is 3.45. The van der Waals surface area contributed by atoms with E-state index in [-0.39, 0.29) is 39.6 Å². The van der Waals surface area contributed by atoms with Crippen molar-refractivity contribution in [1.29, 1.82) is 0 Å². The lowest BCUT2D eigenvalue weighted by molar-refractivity contribution is -0.140. The molecule has 0 bridgehead atoms. The van der Waals surface area contributed by atoms with Gasteiger partial charge in [-0.2, -0.15) is 0 Å². The van der Waals surface area contributed by atoms with Gasteiger partial charge in [0.05, 0.1) is 33.0 Å². The molecule has 0 fully saturated rings. The molecule has 0 heterocycles. The molecular formula is C27H31NO8. The highest BCUT2D eigenvalue weighted by Crippen LogP contribution is 2.42. The van der Waals surface area contributed by atoms with Crippen molar-refractivity contribution in [3.05, 3.63) is 60.7 Å². The third kappa shape index (κ3) is 7.42. The minimum atomic E-state index is -0.603. The fourth-order valence-corrected chi connectivity index (χ4v) is 3.45. The van der Waals surface area contributed by atoms with Gasteiger partial charge in [0.2, 0.25) is 0 Å². The SMILES string of the molecule is C=C(C)C(=O)OCCOCCOCCNC(=O)Oc1c2ccccc2c(OCCO)c2ccccc12. The summed E-state index contributed by atoms with van der Waals surface area (Å²) in [4.78, 5) is 23.8. The molecular weight excluding hydrogens is 466 g/mol. The molecule has 0 unspecified atom stereocenters. The van der Waals surface area contributed by atoms with Crippen LogP contribution in [0.25, 0.3) is 21.5 Å². The minimum absolute atomic E-state index is 0.109. The molecule has 0 radical (unpaired) electrons. The van der Waals surface area contributed by atoms with Crippen LogP contribution in [0.1, 0.15) is 6.92 Å². The Morgan fingerprint density at radius 2 is 1.33 bits per heavy atom. The maximum absolute atomic E-state index is 12.5. The maximum atomic E-state index is 12.5. The van der Waals surface area contributed by atoms with Crippen molar-refractivity contribution in [2.24, 2.45) is 0 Å². The summed E-state index contributed by atoms with van der Waals surface area (Å²) in [5.74, 6) is 0.615. The molecule has 3 aromatic carbocycles. The largest absolute Gasteiger partial charge is 0.490 e. The van der Waals surface area contributed by atoms with Gasteiger partial charge in [0.15, 0.2) is 0 Å². The molecule has 36 heavy (non-hydrogen) atoms. The fraction of sp³-hybridized carbons (Fsp3) is 0.333. The zero-order valence-electron chi connectivity index (χ0n) is 20.3. The summed E-state index contributed by atoms with van der Waals surface area (Å²) in [5.41, 5.74) is 0.342. The number of aliphatic hydroxyl groups is 1. The number of nitrogens with one attached hydrogen (secondary N) is 1. The summed E-state index contributed by atoms with van der Waals surface area (Å²) >= 11 is 0. The lowest BCUT2D eigenvalue weighted by Crippen LogP contribution is -2.30. The number of hydrogen-bond donors (Lipinski definition) is 2. The molecule has 1 amide bonds. The quantitative estimate of drug-likeness (QED) is 0.150. The van der Waals surface area contributed by atoms with E-state index in [9.17, 15) is 14.7 Å². The number of aliphatic hydroxyl groups excluding tert-OH is 1. The first-order chi connectivity index (χ1) is 17.5. The number of carbonyl (C=O) groups excluding carboxylic acids is 2. The van der Waals surface area contributed by atoms with E-state index < -0.39 is 12.1 Å². The Kier molecular flexibility index (Phi) is 10.5. The second-order valence-electron chi connectivity index (χ2n) is 7.78. The van der Waals surface area contributed by atoms with Gasteiger partial charge in [0, 0.05) is 33.7 Å². The van der Waals surface area contributed by atoms with Gasteiger partial charge in [0.25, 0.3) is 0 Å². The van der Waals surface area contributed by atoms with Crippen molar-refractivity contribution in [3.8, 4) is 11.5 Å². The van der Waals surface area contributed by atoms with Gasteiger partial charge in [-0.25, -0.2) is 9.59 Å². The highest BCUT2D eigenvalue weighted by atomic mass is 16.6. The zero-order chi connectivity index (χ0) is 25.8. The Hall–Kier alpha value is -3.66. The second-order valence-corrected chi connectivity index (χ2v) is 7.78. The average Bonchev–Trinajstić information content (AvgIpc) is 2.89. The number of esters is 1. The van der Waals surface area contributed by atoms with E-state index in [2.05, 4.69) is 11.9 Å². The van der Waals surface area contributed by atoms with Crippen LogP contribution in [-0.2, 0) is 19.0 Å². The number of hydrogen-bond acceptors (Lipinski definition) is 8. The van der Waals surface area contributed by atoms with Crippen LogP contribution >= 0.6 is 0 Å². The Morgan fingerprint density at radius 3 is 1.89 bits per heavy atom. The Balaban J connectivity index is 1.50. The topological polar surface area (TPSA) is 113 Å². The molecule has 0 aliphatic rings. The predicted molar refractivity (Wildman–Crippen MR) is 135 cm³/mol. The van der Waals surface area contributed by atoms with Crippen molar-refractivity contribution in [2.75, 3.05) is 52.8 Å². The summed E-state index contributed by atoms with van der Waals surface area (Å²) in [5, 5.41) is 14.9. The van der Waals surface area contributed by atoms with Gasteiger partial charge in [-0.15, -0.1) is 0 Å². The number of benzene rings is 3. The Bertz CT molecular complexity index is 1140. The van der Waals surface area contributed by atoms with Crippen molar-refractivity contribution >= 4 is 33.6 Å². The highest BCUT2D eigenvalue weighted by Gasteiger charge is 2.18. The van der Waals surface area contributed by atoms with E-state index in [1.54, 1.807) is 6.92 Å². The summed E-state index contributed by atoms with van der Waals surface area (Å²) in [6, 6.07) is 15.0. The van der Waals surface area contributed by atoms with Crippen LogP contribution in [0.4, 0.5) is 4.79 Å². The normalized spacial score (nSPS) is 10.8. The second kappa shape index (κ2) is 14.0. The van der Waals surface area contributed by atoms with E-state index in [1.165, 1.54) is 0 Å². The molecule has 0 spiro atoms. The van der Waals surface area contributed by atoms with Crippen LogP contribution in [-0.4, -0.2) is 70.0 Å². The highest BCUT2D eigenvalue weighted by molar-refractivity contribution is 6.11. The number of amides is 1. The smallest absolute Gasteiger partial charge is 0.412 e. The molecule has 0 aromatic heterocycles. The van der Waals surface area contributed by atoms with Crippen molar-refractivity contribution in [1.82, 2.24) is 5.32 Å². The molecule has 3 rings (SSSR count). The monoisotopic (exact) mass is 497 g/mol. The van der Waals surface area contributed by atoms with E-state index in [1.807, 2.05) is 48.5 Å². The lowest BCUT2D eigenvalue weighted by Gasteiger charge is -2.17. The number of carbonyl (C=O) groups is 2. The lowest BCUT2D eigenvalue weighted by atomic mass is 10.0. The summed E-state index contributed by atoms with van der Waals surface area (Å²) in [6.07, 6.45) is -0.603. The van der Waals surface area contributed by atoms with Gasteiger partial charge >= 0.3 is 12.1 Å². The molecule has 2 N–H and O–H groups in total. The van der Waals surface area contributed by atoms with Gasteiger partial charge in [-0.3, -0.25) is 0 Å². The third-order valence-electron chi connectivity index (χ3n) is 5.06. The van der Waals surface area contributed by atoms with Crippen LogP contribution in [0.15, 0.2) is 60.7 Å². The van der Waals surface area contributed by atoms with E-state index in [4.69, 9.17) is 23.7 Å². The number of ether oxygens (including phenoxy) is 5. The minimum Gasteiger partial charge on any atom is -0.490 e. The summed E-state index contributed by atoms with van der Waals surface area (Å²) in [7, 11) is 0. The van der Waals surface area contributed by atoms with Crippen molar-refractivity contribution in [3.63, 3.8) is 0 Å². The van der Waals surface area contributed by atoms with Gasteiger partial charge in [-0.1, -0.05) is 55.1 Å². The number of rotatable bonds is 14. The Morgan fingerprint density at radius 1 is 0.806 bits per heavy atom. The first-order valence-electron chi connectivity index (χ1n) is 11.6. The van der Waals surface area contributed by atoms with E-state index in [0.717, 1.165) is 21.5 Å². The summed E-state index contributed by atoms with van der Waals surface area (Å²) in [6.45, 7) is 6.73. The molecule has 9 nitrogen and oxygen atoms in total. The maximum Gasteiger partial charge on any atom is 0.412 e. The van der Waals surface area contributed by atoms with Gasteiger partial charge < -0.3 is 34.1 Å². The van der Waals surface area contributed by atoms with Crippen LogP contribution in [0, 0.1) is 0 Å². The molecule has 0 aliphatic heterocycles. The zero-order valence-corrected chi connectivity index (χ0v) is 20.3. The van der Waals surface area contributed by atoms with Gasteiger partial charge in [0.1, 0.15) is 24.7 Å². The van der Waals surface area contributed by atoms with Crippen LogP contribution in [0.2, 0.25) is 0 Å². The van der Waals surface area contributed by atoms with Crippen molar-refractivity contribution < 1.29 is 38.4 Å². The first kappa shape index (κ1) is 26.9. The molecule has 192 valence electrons. The van der Waals surface area contributed by atoms with Crippen LogP contribution in [0.3, 0.4) is 0 Å². The average molecular weight is 498 g/mol. The molecule has 0 aliphatic carbocycles. The molecule has 0 saturated carbocycles. The predicted octanol–water partition coefficient (Wildman–Crippen LogP) is 3.61. The molecule has 3 aromatic rings. The Labute approximate surface area is 209 Å². The standard InChI is InChI=1S/C27H31NO8/c1-19(2)26(30)35-18-17-33-16-15-32-13-11-28-27(31)36-25-22-9-5-3-7-20(22)24(34-14-12-29)21-8-4-6-10-23(21)25/h3-10,29H,1,11-18H2,2H3,(H,28,31). The van der Waals surface area contributed by atoms with E-state index in [0.29, 0.717) is 30.3 Å². The molecule has 9 heteroatoms. The molecule has 0 saturated heterocycles. The third-order valence-corrected chi connectivity index (χ3v) is 5.06. The first-order valence-corrected chi connectivity index (χ1v) is 11.6. The summed E-state index contributed by atoms with van der Waals surface area (Å²) < 4.78 is 27.2. The van der Waals surface area contributed by atoms with Crippen LogP contribution in [0.5, 0.6) is 11.5 Å². The van der Waals surface area contributed by atoms with Crippen LogP contribution < -0.4 is 14.8 Å². The van der Waals surface area contributed by atoms with Crippen molar-refractivity contribution in [2.45, 2.75) is 6.92 Å². The van der Waals surface area contributed by atoms with E-state index >= 15 is 0 Å². The van der Waals surface area contributed by atoms with Gasteiger partial charge in [-0.05, 0) is 6.92 Å². The number of fused-ring (bicyclic) bond motifs is 2. The molecule has 0 atom stereocenters.